The summed E-state index contributed by atoms with van der Waals surface area (Å²) < 4.78 is 43.2. The van der Waals surface area contributed by atoms with E-state index >= 15 is 0 Å². The number of phenolic OH excluding ortho intramolecular Hbond substituents is 1. The molecule has 0 fully saturated rings. The predicted molar refractivity (Wildman–Crippen MR) is 108 cm³/mol. The highest BCUT2D eigenvalue weighted by atomic mass is 19.4. The minimum absolute atomic E-state index is 0.00595. The van der Waals surface area contributed by atoms with Gasteiger partial charge in [-0.15, -0.1) is 0 Å². The van der Waals surface area contributed by atoms with Crippen molar-refractivity contribution in [2.24, 2.45) is 5.11 Å². The third-order valence-corrected chi connectivity index (χ3v) is 4.47. The summed E-state index contributed by atoms with van der Waals surface area (Å²) in [4.78, 5) is 27.7. The molecule has 2 aromatic rings. The maximum Gasteiger partial charge on any atom is 0.416 e. The molecular weight excluding hydrogens is 429 g/mol. The molecule has 2 atom stereocenters. The fourth-order valence-corrected chi connectivity index (χ4v) is 2.87. The van der Waals surface area contributed by atoms with Gasteiger partial charge >= 0.3 is 12.1 Å². The first-order valence-electron chi connectivity index (χ1n) is 9.59. The van der Waals surface area contributed by atoms with Gasteiger partial charge in [0.2, 0.25) is 5.91 Å². The van der Waals surface area contributed by atoms with Crippen molar-refractivity contribution in [1.82, 2.24) is 5.32 Å². The number of hydrogen-bond acceptors (Lipinski definition) is 5. The number of rotatable bonds is 9. The Morgan fingerprint density at radius 3 is 2.19 bits per heavy atom. The molecule has 0 aliphatic heterocycles. The van der Waals surface area contributed by atoms with Gasteiger partial charge in [0.15, 0.2) is 0 Å². The number of benzene rings is 2. The lowest BCUT2D eigenvalue weighted by molar-refractivity contribution is -0.147. The normalized spacial score (nSPS) is 12.9. The van der Waals surface area contributed by atoms with Crippen molar-refractivity contribution in [3.8, 4) is 5.75 Å². The number of hydrogen-bond donors (Lipinski definition) is 2. The molecule has 0 aliphatic carbocycles. The zero-order valence-corrected chi connectivity index (χ0v) is 17.0. The van der Waals surface area contributed by atoms with E-state index in [4.69, 9.17) is 10.3 Å². The number of carbonyl (C=O) groups is 2. The second-order valence-electron chi connectivity index (χ2n) is 6.80. The van der Waals surface area contributed by atoms with E-state index in [-0.39, 0.29) is 25.2 Å². The lowest BCUT2D eigenvalue weighted by atomic mass is 10.0. The number of azide groups is 1. The molecular formula is C21H21F3N4O4. The Kier molecular flexibility index (Phi) is 8.48. The average molecular weight is 450 g/mol. The van der Waals surface area contributed by atoms with Gasteiger partial charge in [0.1, 0.15) is 17.8 Å². The molecule has 1 amide bonds. The Hall–Kier alpha value is -3.72. The summed E-state index contributed by atoms with van der Waals surface area (Å²) in [6.07, 6.45) is -4.61. The molecule has 0 saturated carbocycles. The summed E-state index contributed by atoms with van der Waals surface area (Å²) in [5, 5.41) is 15.3. The number of carbonyl (C=O) groups excluding carboxylic acids is 2. The fourth-order valence-electron chi connectivity index (χ4n) is 2.87. The van der Waals surface area contributed by atoms with Gasteiger partial charge in [-0.25, -0.2) is 4.79 Å². The van der Waals surface area contributed by atoms with Crippen LogP contribution in [0.5, 0.6) is 5.75 Å². The van der Waals surface area contributed by atoms with Crippen LogP contribution in [0, 0.1) is 0 Å². The molecule has 0 bridgehead atoms. The maximum atomic E-state index is 12.8. The summed E-state index contributed by atoms with van der Waals surface area (Å²) >= 11 is 0. The summed E-state index contributed by atoms with van der Waals surface area (Å²) in [7, 11) is 0. The topological polar surface area (TPSA) is 124 Å². The van der Waals surface area contributed by atoms with Gasteiger partial charge in [-0.1, -0.05) is 29.4 Å². The van der Waals surface area contributed by atoms with Crippen LogP contribution < -0.4 is 5.32 Å². The van der Waals surface area contributed by atoms with Crippen LogP contribution in [-0.2, 0) is 33.3 Å². The summed E-state index contributed by atoms with van der Waals surface area (Å²) in [5.74, 6) is -1.50. The standard InChI is InChI=1S/C21H21F3N4O4/c1-2-32-20(31)18(12-13-3-7-15(8-4-13)21(22,23)24)26-19(30)17(27-28-25)11-14-5-9-16(29)10-6-14/h3-10,17-18,29H,2,11-12H2,1H3,(H,26,30)/t17-,18-/m0/s1. The highest BCUT2D eigenvalue weighted by molar-refractivity contribution is 5.88. The van der Waals surface area contributed by atoms with Crippen molar-refractivity contribution in [2.75, 3.05) is 6.61 Å². The lowest BCUT2D eigenvalue weighted by Gasteiger charge is -2.20. The number of amides is 1. The minimum Gasteiger partial charge on any atom is -0.508 e. The molecule has 0 aromatic heterocycles. The number of nitrogens with one attached hydrogen (secondary N) is 1. The van der Waals surface area contributed by atoms with Crippen molar-refractivity contribution in [3.05, 3.63) is 75.7 Å². The zero-order chi connectivity index (χ0) is 23.7. The van der Waals surface area contributed by atoms with Crippen LogP contribution >= 0.6 is 0 Å². The van der Waals surface area contributed by atoms with Gasteiger partial charge in [-0.2, -0.15) is 13.2 Å². The smallest absolute Gasteiger partial charge is 0.416 e. The molecule has 11 heteroatoms. The lowest BCUT2D eigenvalue weighted by Crippen LogP contribution is -2.47. The number of halogens is 3. The molecule has 2 rings (SSSR count). The third-order valence-electron chi connectivity index (χ3n) is 4.47. The number of nitrogens with zero attached hydrogens (tertiary/aromatic N) is 3. The molecule has 2 aromatic carbocycles. The van der Waals surface area contributed by atoms with Crippen molar-refractivity contribution >= 4 is 11.9 Å². The molecule has 0 heterocycles. The Balaban J connectivity index is 2.18. The molecule has 0 spiro atoms. The van der Waals surface area contributed by atoms with E-state index in [1.165, 1.54) is 24.3 Å². The first-order chi connectivity index (χ1) is 15.1. The van der Waals surface area contributed by atoms with Crippen LogP contribution in [0.4, 0.5) is 13.2 Å². The van der Waals surface area contributed by atoms with Gasteiger partial charge in [0, 0.05) is 11.3 Å². The maximum absolute atomic E-state index is 12.8. The van der Waals surface area contributed by atoms with Crippen molar-refractivity contribution < 1.29 is 32.6 Å². The van der Waals surface area contributed by atoms with Crippen LogP contribution in [0.15, 0.2) is 53.6 Å². The Bertz CT molecular complexity index is 972. The van der Waals surface area contributed by atoms with Crippen LogP contribution in [0.2, 0.25) is 0 Å². The summed E-state index contributed by atoms with van der Waals surface area (Å²) in [5.41, 5.74) is 8.95. The molecule has 32 heavy (non-hydrogen) atoms. The van der Waals surface area contributed by atoms with Crippen LogP contribution in [0.25, 0.3) is 10.4 Å². The fraction of sp³-hybridized carbons (Fsp3) is 0.333. The van der Waals surface area contributed by atoms with Crippen LogP contribution in [0.1, 0.15) is 23.6 Å². The van der Waals surface area contributed by atoms with Gasteiger partial charge in [0.25, 0.3) is 0 Å². The Morgan fingerprint density at radius 2 is 1.66 bits per heavy atom. The van der Waals surface area contributed by atoms with E-state index in [0.29, 0.717) is 11.1 Å². The first kappa shape index (κ1) is 24.5. The molecule has 0 saturated heterocycles. The van der Waals surface area contributed by atoms with Crippen LogP contribution in [0.3, 0.4) is 0 Å². The van der Waals surface area contributed by atoms with E-state index in [1.807, 2.05) is 0 Å². The summed E-state index contributed by atoms with van der Waals surface area (Å²) in [6, 6.07) is 7.70. The largest absolute Gasteiger partial charge is 0.508 e. The van der Waals surface area contributed by atoms with Gasteiger partial charge in [-0.05, 0) is 54.3 Å². The molecule has 2 N–H and O–H groups in total. The molecule has 0 unspecified atom stereocenters. The van der Waals surface area contributed by atoms with Crippen molar-refractivity contribution in [1.29, 1.82) is 0 Å². The van der Waals surface area contributed by atoms with Gasteiger partial charge in [0.05, 0.1) is 12.2 Å². The first-order valence-corrected chi connectivity index (χ1v) is 9.59. The molecule has 8 nitrogen and oxygen atoms in total. The average Bonchev–Trinajstić information content (AvgIpc) is 2.74. The number of alkyl halides is 3. The SMILES string of the molecule is CCOC(=O)[C@H](Cc1ccc(C(F)(F)F)cc1)NC(=O)[C@H](Cc1ccc(O)cc1)N=[N+]=[N-]. The van der Waals surface area contributed by atoms with E-state index in [2.05, 4.69) is 15.3 Å². The third kappa shape index (κ3) is 7.21. The quantitative estimate of drug-likeness (QED) is 0.260. The Morgan fingerprint density at radius 1 is 1.09 bits per heavy atom. The second-order valence-corrected chi connectivity index (χ2v) is 6.80. The van der Waals surface area contributed by atoms with E-state index in [1.54, 1.807) is 19.1 Å². The molecule has 0 aliphatic rings. The highest BCUT2D eigenvalue weighted by Crippen LogP contribution is 2.29. The van der Waals surface area contributed by atoms with Gasteiger partial charge in [-0.3, -0.25) is 4.79 Å². The molecule has 170 valence electrons. The van der Waals surface area contributed by atoms with E-state index in [0.717, 1.165) is 12.1 Å². The summed E-state index contributed by atoms with van der Waals surface area (Å²) in [6.45, 7) is 1.61. The second kappa shape index (κ2) is 11.1. The van der Waals surface area contributed by atoms with E-state index < -0.39 is 35.7 Å². The zero-order valence-electron chi connectivity index (χ0n) is 17.0. The Labute approximate surface area is 181 Å². The molecule has 0 radical (unpaired) electrons. The number of esters is 1. The predicted octanol–water partition coefficient (Wildman–Crippen LogP) is 3.92. The highest BCUT2D eigenvalue weighted by Gasteiger charge is 2.31. The number of aromatic hydroxyl groups is 1. The van der Waals surface area contributed by atoms with Crippen LogP contribution in [-0.4, -0.2) is 35.7 Å². The monoisotopic (exact) mass is 450 g/mol. The minimum atomic E-state index is -4.50. The van der Waals surface area contributed by atoms with E-state index in [9.17, 15) is 27.9 Å². The van der Waals surface area contributed by atoms with Crippen molar-refractivity contribution in [3.63, 3.8) is 0 Å². The number of phenols is 1. The van der Waals surface area contributed by atoms with Crippen molar-refractivity contribution in [2.45, 2.75) is 38.0 Å². The number of ether oxygens (including phenoxy) is 1. The van der Waals surface area contributed by atoms with Gasteiger partial charge < -0.3 is 15.2 Å².